The van der Waals surface area contributed by atoms with Gasteiger partial charge in [0.15, 0.2) is 5.82 Å². The lowest BCUT2D eigenvalue weighted by Crippen LogP contribution is -2.39. The van der Waals surface area contributed by atoms with Crippen molar-refractivity contribution in [2.75, 3.05) is 26.2 Å². The van der Waals surface area contributed by atoms with Crippen LogP contribution < -0.4 is 5.32 Å². The minimum atomic E-state index is -0.0535. The van der Waals surface area contributed by atoms with E-state index in [-0.39, 0.29) is 11.8 Å². The topological polar surface area (TPSA) is 70.5 Å². The fourth-order valence-electron chi connectivity index (χ4n) is 4.06. The molecule has 0 atom stereocenters. The molecule has 0 spiro atoms. The van der Waals surface area contributed by atoms with Crippen LogP contribution in [0.4, 0.5) is 0 Å². The summed E-state index contributed by atoms with van der Waals surface area (Å²) in [6, 6.07) is 10.00. The predicted molar refractivity (Wildman–Crippen MR) is 110 cm³/mol. The van der Waals surface area contributed by atoms with Crippen LogP contribution in [0.2, 0.25) is 0 Å². The second-order valence-electron chi connectivity index (χ2n) is 7.93. The Morgan fingerprint density at radius 1 is 1.00 bits per heavy atom. The van der Waals surface area contributed by atoms with E-state index in [1.54, 1.807) is 0 Å². The van der Waals surface area contributed by atoms with Crippen LogP contribution in [0.5, 0.6) is 0 Å². The van der Waals surface area contributed by atoms with Gasteiger partial charge in [-0.2, -0.15) is 0 Å². The van der Waals surface area contributed by atoms with Crippen molar-refractivity contribution >= 4 is 11.8 Å². The predicted octanol–water partition coefficient (Wildman–Crippen LogP) is 2.03. The van der Waals surface area contributed by atoms with Crippen molar-refractivity contribution in [3.63, 3.8) is 0 Å². The summed E-state index contributed by atoms with van der Waals surface area (Å²) in [7, 11) is 0. The van der Waals surface area contributed by atoms with Crippen LogP contribution in [0.25, 0.3) is 0 Å². The molecular weight excluding hydrogens is 366 g/mol. The molecule has 2 amide bonds. The van der Waals surface area contributed by atoms with Gasteiger partial charge in [-0.3, -0.25) is 14.5 Å². The van der Waals surface area contributed by atoms with Crippen LogP contribution in [0.3, 0.4) is 0 Å². The average molecular weight is 396 g/mol. The maximum absolute atomic E-state index is 12.8. The molecule has 29 heavy (non-hydrogen) atoms. The first-order valence-electron chi connectivity index (χ1n) is 10.6. The van der Waals surface area contributed by atoms with Crippen molar-refractivity contribution < 1.29 is 9.59 Å². The van der Waals surface area contributed by atoms with E-state index in [0.29, 0.717) is 32.0 Å². The van der Waals surface area contributed by atoms with Crippen molar-refractivity contribution in [3.05, 3.63) is 53.6 Å². The van der Waals surface area contributed by atoms with Gasteiger partial charge in [0.1, 0.15) is 0 Å². The Hall–Kier alpha value is -2.67. The first-order chi connectivity index (χ1) is 14.2. The van der Waals surface area contributed by atoms with Crippen LogP contribution in [0.1, 0.15) is 47.6 Å². The average Bonchev–Trinajstić information content (AvgIpc) is 2.99. The van der Waals surface area contributed by atoms with Crippen molar-refractivity contribution in [1.29, 1.82) is 0 Å². The number of fused-ring (bicyclic) bond motifs is 1. The van der Waals surface area contributed by atoms with Gasteiger partial charge in [-0.15, -0.1) is 0 Å². The minimum absolute atomic E-state index is 0.0231. The number of likely N-dealkylation sites (tertiary alicyclic amines) is 1. The lowest BCUT2D eigenvalue weighted by molar-refractivity contribution is -0.122. The standard InChI is InChI=1S/C22H29N5O2/c28-20(17-25-10-6-1-2-7-11-25)23-14-19-16-26-12-13-27(22(29)21(26)24-19)15-18-8-4-3-5-9-18/h3-5,8-9,16H,1-2,6-7,10-15,17H2,(H,23,28). The number of hydrogen-bond acceptors (Lipinski definition) is 4. The highest BCUT2D eigenvalue weighted by Crippen LogP contribution is 2.16. The fraction of sp³-hybridized carbons (Fsp3) is 0.500. The highest BCUT2D eigenvalue weighted by Gasteiger charge is 2.27. The smallest absolute Gasteiger partial charge is 0.290 e. The summed E-state index contributed by atoms with van der Waals surface area (Å²) >= 11 is 0. The van der Waals surface area contributed by atoms with Crippen molar-refractivity contribution in [2.45, 2.75) is 45.3 Å². The van der Waals surface area contributed by atoms with E-state index in [4.69, 9.17) is 0 Å². The number of nitrogens with one attached hydrogen (secondary N) is 1. The highest BCUT2D eigenvalue weighted by atomic mass is 16.2. The summed E-state index contributed by atoms with van der Waals surface area (Å²) in [5.74, 6) is 0.432. The van der Waals surface area contributed by atoms with Gasteiger partial charge in [0.25, 0.3) is 5.91 Å². The van der Waals surface area contributed by atoms with Gasteiger partial charge in [0.2, 0.25) is 5.91 Å². The molecule has 1 aromatic carbocycles. The maximum atomic E-state index is 12.8. The zero-order valence-corrected chi connectivity index (χ0v) is 16.8. The van der Waals surface area contributed by atoms with E-state index >= 15 is 0 Å². The molecule has 3 heterocycles. The molecule has 0 radical (unpaired) electrons. The zero-order chi connectivity index (χ0) is 20.1. The Kier molecular flexibility index (Phi) is 6.24. The third-order valence-corrected chi connectivity index (χ3v) is 5.66. The number of carbonyl (C=O) groups is 2. The molecule has 0 aliphatic carbocycles. The summed E-state index contributed by atoms with van der Waals surface area (Å²) in [5.41, 5.74) is 1.85. The molecule has 2 aliphatic heterocycles. The first kappa shape index (κ1) is 19.6. The summed E-state index contributed by atoms with van der Waals surface area (Å²) in [5, 5.41) is 2.96. The largest absolute Gasteiger partial charge is 0.349 e. The summed E-state index contributed by atoms with van der Waals surface area (Å²) < 4.78 is 1.90. The first-order valence-corrected chi connectivity index (χ1v) is 10.6. The van der Waals surface area contributed by atoms with Gasteiger partial charge in [-0.1, -0.05) is 43.2 Å². The van der Waals surface area contributed by atoms with Gasteiger partial charge in [-0.05, 0) is 31.5 Å². The van der Waals surface area contributed by atoms with Crippen molar-refractivity contribution in [3.8, 4) is 0 Å². The molecule has 4 rings (SSSR count). The second-order valence-corrected chi connectivity index (χ2v) is 7.93. The van der Waals surface area contributed by atoms with Crippen LogP contribution in [0.15, 0.2) is 36.5 Å². The van der Waals surface area contributed by atoms with Gasteiger partial charge < -0.3 is 14.8 Å². The summed E-state index contributed by atoms with van der Waals surface area (Å²) in [6.45, 7) is 4.78. The van der Waals surface area contributed by atoms with Gasteiger partial charge in [-0.25, -0.2) is 4.98 Å². The molecule has 2 aromatic rings. The number of hydrogen-bond donors (Lipinski definition) is 1. The normalized spacial score (nSPS) is 17.7. The highest BCUT2D eigenvalue weighted by molar-refractivity contribution is 5.91. The Morgan fingerprint density at radius 3 is 2.52 bits per heavy atom. The monoisotopic (exact) mass is 395 g/mol. The number of nitrogens with zero attached hydrogens (tertiary/aromatic N) is 4. The third kappa shape index (κ3) is 5.03. The molecular formula is C22H29N5O2. The molecule has 0 bridgehead atoms. The van der Waals surface area contributed by atoms with Crippen LogP contribution in [0, 0.1) is 0 Å². The van der Waals surface area contributed by atoms with Crippen LogP contribution in [-0.2, 0) is 24.4 Å². The molecule has 7 nitrogen and oxygen atoms in total. The molecule has 1 fully saturated rings. The quantitative estimate of drug-likeness (QED) is 0.813. The molecule has 0 saturated carbocycles. The Balaban J connectivity index is 1.31. The van der Waals surface area contributed by atoms with Gasteiger partial charge >= 0.3 is 0 Å². The minimum Gasteiger partial charge on any atom is -0.349 e. The van der Waals surface area contributed by atoms with Crippen LogP contribution in [-0.4, -0.2) is 57.3 Å². The molecule has 1 aromatic heterocycles. The van der Waals surface area contributed by atoms with E-state index in [1.807, 2.05) is 46.0 Å². The van der Waals surface area contributed by atoms with E-state index in [9.17, 15) is 9.59 Å². The van der Waals surface area contributed by atoms with E-state index in [1.165, 1.54) is 25.7 Å². The van der Waals surface area contributed by atoms with Crippen LogP contribution >= 0.6 is 0 Å². The third-order valence-electron chi connectivity index (χ3n) is 5.66. The molecule has 1 N–H and O–H groups in total. The molecule has 7 heteroatoms. The van der Waals surface area contributed by atoms with Crippen molar-refractivity contribution in [1.82, 2.24) is 24.7 Å². The van der Waals surface area contributed by atoms with Crippen molar-refractivity contribution in [2.24, 2.45) is 0 Å². The zero-order valence-electron chi connectivity index (χ0n) is 16.8. The van der Waals surface area contributed by atoms with E-state index in [2.05, 4.69) is 15.2 Å². The SMILES string of the molecule is O=C(CN1CCCCCC1)NCc1cn2c(n1)C(=O)N(Cc1ccccc1)CC2. The number of aromatic nitrogens is 2. The number of imidazole rings is 1. The van der Waals surface area contributed by atoms with E-state index in [0.717, 1.165) is 30.9 Å². The lowest BCUT2D eigenvalue weighted by atomic mass is 10.2. The number of amides is 2. The van der Waals surface area contributed by atoms with Gasteiger partial charge in [0.05, 0.1) is 18.8 Å². The molecule has 154 valence electrons. The number of benzene rings is 1. The Labute approximate surface area is 171 Å². The Bertz CT molecular complexity index is 840. The summed E-state index contributed by atoms with van der Waals surface area (Å²) in [4.78, 5) is 33.7. The second kappa shape index (κ2) is 9.22. The lowest BCUT2D eigenvalue weighted by Gasteiger charge is -2.27. The molecule has 0 unspecified atom stereocenters. The number of rotatable bonds is 6. The number of carbonyl (C=O) groups excluding carboxylic acids is 2. The van der Waals surface area contributed by atoms with E-state index < -0.39 is 0 Å². The van der Waals surface area contributed by atoms with Gasteiger partial charge in [0, 0.05) is 25.8 Å². The maximum Gasteiger partial charge on any atom is 0.290 e. The summed E-state index contributed by atoms with van der Waals surface area (Å²) in [6.07, 6.45) is 6.74. The molecule has 1 saturated heterocycles. The fourth-order valence-corrected chi connectivity index (χ4v) is 4.06. The molecule has 2 aliphatic rings. The Morgan fingerprint density at radius 2 is 1.76 bits per heavy atom.